The molecule has 53 nitrogen and oxygen atoms in total. The van der Waals surface area contributed by atoms with Crippen LogP contribution in [0.3, 0.4) is 0 Å². The van der Waals surface area contributed by atoms with Crippen LogP contribution < -0.4 is 27.4 Å². The van der Waals surface area contributed by atoms with Crippen molar-refractivity contribution in [3.63, 3.8) is 0 Å². The zero-order valence-electron chi connectivity index (χ0n) is 81.6. The standard InChI is InChI=1S/C20H39N5O9.C20H41N3O9.C16H32O9.C15H29N3O8.C12H26O7/c1-20(2,3)34-19(27)24-23-18(26)4-6-28-8-10-30-12-14-32-16-17-33-15-13-31-11-9-29-7-5-22-25-21;1-20(2,3)32-19(25)23-22-18(24)4-6-26-8-10-28-12-14-30-16-17-31-15-13-29-11-9-27-7-5-21;1-19-16(18)2-4-20-6-8-22-10-12-24-14-15-25-13-11-23-9-7-21-5-3-17;16-18-17-2-4-22-6-8-24-10-12-26-14-13-25-11-9-23-7-5-21-3-1-15(19)20;13-1-3-15-5-7-17-9-11-19-12-10-18-8-6-16-4-2-14/h4-17H2,1-3H3,(H,23,26)(H,24,27);4-17,21H2,1-3H3,(H,22,24)(H,23,25);17H,2-15H2,1H3;1-14H2,(H,19,20);13-14H,1-12H2. The lowest BCUT2D eigenvalue weighted by atomic mass is 10.2. The van der Waals surface area contributed by atoms with Gasteiger partial charge in [-0.3, -0.25) is 30.0 Å². The van der Waals surface area contributed by atoms with Gasteiger partial charge in [0.15, 0.2) is 0 Å². The predicted octanol–water partition coefficient (Wildman–Crippen LogP) is 0.899. The van der Waals surface area contributed by atoms with Gasteiger partial charge in [0, 0.05) is 29.5 Å². The molecule has 0 aliphatic heterocycles. The summed E-state index contributed by atoms with van der Waals surface area (Å²) in [5, 5.41) is 40.5. The van der Waals surface area contributed by atoms with Crippen LogP contribution in [-0.2, 0) is 171 Å². The Bertz CT molecular complexity index is 2560. The largest absolute Gasteiger partial charge is 0.481 e. The van der Waals surface area contributed by atoms with Gasteiger partial charge >= 0.3 is 24.1 Å². The molecule has 0 aromatic rings. The Morgan fingerprint density at radius 1 is 0.257 bits per heavy atom. The molecule has 0 heterocycles. The number of aliphatic carboxylic acids is 1. The number of methoxy groups -OCH3 is 1. The van der Waals surface area contributed by atoms with Crippen molar-refractivity contribution in [2.45, 2.75) is 78.4 Å². The highest BCUT2D eigenvalue weighted by atomic mass is 16.6. The number of rotatable bonds is 98. The molecule has 0 aromatic carbocycles. The number of carboxylic acid groups (broad SMARTS) is 1. The Labute approximate surface area is 800 Å². The number of esters is 1. The molecule has 0 bridgehead atoms. The van der Waals surface area contributed by atoms with Crippen molar-refractivity contribution in [1.29, 1.82) is 0 Å². The first kappa shape index (κ1) is 138. The zero-order valence-corrected chi connectivity index (χ0v) is 81.6. The van der Waals surface area contributed by atoms with Gasteiger partial charge in [0.05, 0.1) is 436 Å². The van der Waals surface area contributed by atoms with Gasteiger partial charge in [0.25, 0.3) is 0 Å². The second-order valence-electron chi connectivity index (χ2n) is 27.9. The predicted molar refractivity (Wildman–Crippen MR) is 485 cm³/mol. The third-order valence-corrected chi connectivity index (χ3v) is 14.2. The Balaban J connectivity index is -0.000000532. The highest BCUT2D eigenvalue weighted by Crippen LogP contribution is 2.07. The number of nitrogens with one attached hydrogen (secondary N) is 4. The molecule has 0 aliphatic rings. The molecule has 136 heavy (non-hydrogen) atoms. The van der Waals surface area contributed by atoms with Gasteiger partial charge in [0.2, 0.25) is 11.8 Å². The Morgan fingerprint density at radius 2 is 0.426 bits per heavy atom. The summed E-state index contributed by atoms with van der Waals surface area (Å²) in [6.07, 6.45) is -0.995. The molecule has 0 saturated heterocycles. The van der Waals surface area contributed by atoms with Crippen molar-refractivity contribution in [3.05, 3.63) is 20.9 Å². The van der Waals surface area contributed by atoms with Crippen molar-refractivity contribution in [2.24, 2.45) is 16.0 Å². The number of ether oxygens (including phenoxy) is 32. The number of hydrazine groups is 2. The molecular weight excluding hydrogens is 1820 g/mol. The zero-order chi connectivity index (χ0) is 101. The molecule has 53 heteroatoms. The van der Waals surface area contributed by atoms with Crippen LogP contribution in [0.4, 0.5) is 9.59 Å². The number of aliphatic hydroxyl groups excluding tert-OH is 3. The molecule has 806 valence electrons. The summed E-state index contributed by atoms with van der Waals surface area (Å²) in [5.74, 6) is -1.92. The van der Waals surface area contributed by atoms with Crippen molar-refractivity contribution in [3.8, 4) is 0 Å². The van der Waals surface area contributed by atoms with Gasteiger partial charge in [-0.05, 0) is 52.6 Å². The smallest absolute Gasteiger partial charge is 0.426 e. The fourth-order valence-corrected chi connectivity index (χ4v) is 8.09. The third-order valence-electron chi connectivity index (χ3n) is 14.2. The minimum absolute atomic E-state index is 0.000795. The first-order valence-electron chi connectivity index (χ1n) is 45.3. The lowest BCUT2D eigenvalue weighted by Gasteiger charge is -2.19. The summed E-state index contributed by atoms with van der Waals surface area (Å²) in [4.78, 5) is 72.2. The molecule has 10 N–H and O–H groups in total. The van der Waals surface area contributed by atoms with Crippen LogP contribution in [0.2, 0.25) is 0 Å². The number of nitrogens with zero attached hydrogens (tertiary/aromatic N) is 6. The van der Waals surface area contributed by atoms with E-state index in [0.29, 0.717) is 383 Å². The average Bonchev–Trinajstić information content (AvgIpc) is 0.946. The summed E-state index contributed by atoms with van der Waals surface area (Å²) in [6.45, 7) is 37.3. The number of hydrogen-bond donors (Lipinski definition) is 9. The van der Waals surface area contributed by atoms with Gasteiger partial charge in [-0.1, -0.05) is 10.2 Å². The summed E-state index contributed by atoms with van der Waals surface area (Å²) in [7, 11) is 1.35. The van der Waals surface area contributed by atoms with Crippen LogP contribution in [0.5, 0.6) is 0 Å². The average molecular weight is 1990 g/mol. The number of carboxylic acids is 1. The quantitative estimate of drug-likeness (QED) is 0.00777. The van der Waals surface area contributed by atoms with Crippen LogP contribution in [-0.4, -0.2) is 497 Å². The molecule has 0 aliphatic carbocycles. The van der Waals surface area contributed by atoms with E-state index >= 15 is 0 Å². The SMILES string of the molecule is CC(C)(C)OC(=O)NNC(=O)CCOCCOCCOCCOCCOCCOCCN.CC(C)(C)OC(=O)NNC(=O)CCOCCOCCOCCOCCOCCOCCN=[N+]=[N-].COC(=O)CCOCCOCCOCCOCCOCCOCCO.OCCOCCOCCOCCOCCOCCO.[N-]=[N+]=NCCOCCOCCOCCOCCOCCOCCC(=O)O. The highest BCUT2D eigenvalue weighted by Gasteiger charge is 2.18. The normalized spacial score (nSPS) is 11.0. The molecule has 0 rings (SSSR count). The lowest BCUT2D eigenvalue weighted by Crippen LogP contribution is -2.44. The van der Waals surface area contributed by atoms with Crippen LogP contribution in [0.1, 0.15) is 67.2 Å². The van der Waals surface area contributed by atoms with E-state index in [2.05, 4.69) is 46.5 Å². The van der Waals surface area contributed by atoms with Gasteiger partial charge in [-0.15, -0.1) is 0 Å². The molecule has 0 fully saturated rings. The maximum atomic E-state index is 11.6. The summed E-state index contributed by atoms with van der Waals surface area (Å²) < 4.78 is 167. The van der Waals surface area contributed by atoms with Crippen molar-refractivity contribution in [2.75, 3.05) is 430 Å². The van der Waals surface area contributed by atoms with E-state index < -0.39 is 29.4 Å². The van der Waals surface area contributed by atoms with Crippen LogP contribution in [0.15, 0.2) is 10.2 Å². The summed E-state index contributed by atoms with van der Waals surface area (Å²) in [6, 6.07) is 0. The maximum absolute atomic E-state index is 11.6. The highest BCUT2D eigenvalue weighted by molar-refractivity contribution is 5.79. The first-order valence-corrected chi connectivity index (χ1v) is 45.3. The van der Waals surface area contributed by atoms with E-state index in [1.807, 2.05) is 0 Å². The number of amides is 4. The number of azide groups is 2. The van der Waals surface area contributed by atoms with Gasteiger partial charge in [0.1, 0.15) is 11.2 Å². The first-order chi connectivity index (χ1) is 66.2. The van der Waals surface area contributed by atoms with E-state index in [-0.39, 0.29) is 83.1 Å². The molecule has 0 unspecified atom stereocenters. The monoisotopic (exact) mass is 1990 g/mol. The molecule has 4 amide bonds. The molecule has 0 aromatic heterocycles. The van der Waals surface area contributed by atoms with Crippen LogP contribution in [0.25, 0.3) is 20.9 Å². The van der Waals surface area contributed by atoms with Gasteiger partial charge < -0.3 is 178 Å². The fraction of sp³-hybridized carbons (Fsp3) is 0.928. The molecule has 0 radical (unpaired) electrons. The van der Waals surface area contributed by atoms with E-state index in [1.165, 1.54) is 7.11 Å². The molecular formula is C83H167N11O42. The Morgan fingerprint density at radius 3 is 0.596 bits per heavy atom. The fourth-order valence-electron chi connectivity index (χ4n) is 8.09. The Hall–Kier alpha value is -6.28. The van der Waals surface area contributed by atoms with Crippen molar-refractivity contribution in [1.82, 2.24) is 21.7 Å². The summed E-state index contributed by atoms with van der Waals surface area (Å²) >= 11 is 0. The molecule has 0 atom stereocenters. The number of hydrogen-bond acceptors (Lipinski definition) is 44. The molecule has 0 spiro atoms. The number of carbonyl (C=O) groups is 6. The number of aliphatic hydroxyl groups is 3. The number of nitrogens with two attached hydrogens (primary N) is 1. The van der Waals surface area contributed by atoms with Crippen molar-refractivity contribution >= 4 is 35.9 Å². The topological polar surface area (TPSA) is 650 Å². The van der Waals surface area contributed by atoms with E-state index in [4.69, 9.17) is 184 Å². The van der Waals surface area contributed by atoms with E-state index in [1.54, 1.807) is 41.5 Å². The minimum Gasteiger partial charge on any atom is -0.481 e. The van der Waals surface area contributed by atoms with E-state index in [9.17, 15) is 28.8 Å². The van der Waals surface area contributed by atoms with Gasteiger partial charge in [-0.2, -0.15) is 0 Å². The van der Waals surface area contributed by atoms with Gasteiger partial charge in [-0.25, -0.2) is 20.4 Å². The molecule has 0 saturated carbocycles. The second-order valence-corrected chi connectivity index (χ2v) is 27.9. The third kappa shape index (κ3) is 143. The maximum Gasteiger partial charge on any atom is 0.426 e. The van der Waals surface area contributed by atoms with Crippen LogP contribution >= 0.6 is 0 Å². The van der Waals surface area contributed by atoms with E-state index in [0.717, 1.165) is 0 Å². The van der Waals surface area contributed by atoms with Crippen LogP contribution in [0, 0.1) is 0 Å². The second kappa shape index (κ2) is 121. The Kier molecular flexibility index (Phi) is 123. The summed E-state index contributed by atoms with van der Waals surface area (Å²) in [5.41, 5.74) is 29.0. The minimum atomic E-state index is -0.874. The number of carbonyl (C=O) groups excluding carboxylic acids is 5. The van der Waals surface area contributed by atoms with Crippen molar-refractivity contribution < 1.29 is 201 Å². The lowest BCUT2D eigenvalue weighted by molar-refractivity contribution is -0.142.